The molecule has 0 aliphatic heterocycles. The second-order valence-electron chi connectivity index (χ2n) is 6.82. The molecule has 0 nitrogen and oxygen atoms in total. The van der Waals surface area contributed by atoms with Gasteiger partial charge in [0.1, 0.15) is 0 Å². The van der Waals surface area contributed by atoms with Crippen LogP contribution in [0.5, 0.6) is 0 Å². The van der Waals surface area contributed by atoms with E-state index in [0.717, 1.165) is 5.92 Å². The molecule has 1 aromatic rings. The summed E-state index contributed by atoms with van der Waals surface area (Å²) in [4.78, 5) is 0. The third kappa shape index (κ3) is 4.23. The van der Waals surface area contributed by atoms with Gasteiger partial charge in [-0.05, 0) is 68.8 Å². The van der Waals surface area contributed by atoms with Gasteiger partial charge in [0.2, 0.25) is 0 Å². The SMILES string of the molecule is C=C(C)CCCC1(CCCc2ccccc2)CC1CC. The minimum Gasteiger partial charge on any atom is -0.100 e. The molecule has 0 N–H and O–H groups in total. The zero-order valence-corrected chi connectivity index (χ0v) is 13.3. The maximum absolute atomic E-state index is 4.04. The van der Waals surface area contributed by atoms with Crippen molar-refractivity contribution < 1.29 is 0 Å². The Morgan fingerprint density at radius 2 is 1.90 bits per heavy atom. The minimum absolute atomic E-state index is 0.693. The standard InChI is InChI=1S/C20H30/c1-4-19-16-20(19,14-8-10-17(2)3)15-9-13-18-11-6-5-7-12-18/h5-7,11-12,19H,2,4,8-10,13-16H2,1,3H3. The molecule has 2 atom stereocenters. The van der Waals surface area contributed by atoms with Crippen molar-refractivity contribution >= 4 is 0 Å². The van der Waals surface area contributed by atoms with Crippen molar-refractivity contribution in [1.29, 1.82) is 0 Å². The highest BCUT2D eigenvalue weighted by Gasteiger charge is 2.50. The van der Waals surface area contributed by atoms with Gasteiger partial charge < -0.3 is 0 Å². The lowest BCUT2D eigenvalue weighted by Crippen LogP contribution is -2.05. The van der Waals surface area contributed by atoms with Crippen LogP contribution in [0.4, 0.5) is 0 Å². The van der Waals surface area contributed by atoms with Crippen LogP contribution in [0.2, 0.25) is 0 Å². The normalized spacial score (nSPS) is 24.6. The van der Waals surface area contributed by atoms with Gasteiger partial charge >= 0.3 is 0 Å². The first-order valence-electron chi connectivity index (χ1n) is 8.34. The molecule has 1 fully saturated rings. The van der Waals surface area contributed by atoms with Gasteiger partial charge in [-0.15, -0.1) is 6.58 Å². The van der Waals surface area contributed by atoms with E-state index in [1.807, 2.05) is 0 Å². The van der Waals surface area contributed by atoms with Crippen LogP contribution < -0.4 is 0 Å². The summed E-state index contributed by atoms with van der Waals surface area (Å²) >= 11 is 0. The first-order chi connectivity index (χ1) is 9.66. The molecule has 2 unspecified atom stereocenters. The maximum atomic E-state index is 4.04. The Labute approximate surface area is 125 Å². The first kappa shape index (κ1) is 15.4. The molecule has 0 heterocycles. The number of hydrogen-bond acceptors (Lipinski definition) is 0. The van der Waals surface area contributed by atoms with Crippen LogP contribution in [0.15, 0.2) is 42.5 Å². The molecule has 2 rings (SSSR count). The Hall–Kier alpha value is -1.04. The third-order valence-electron chi connectivity index (χ3n) is 5.11. The molecule has 0 heteroatoms. The van der Waals surface area contributed by atoms with E-state index in [-0.39, 0.29) is 0 Å². The molecule has 20 heavy (non-hydrogen) atoms. The zero-order chi connectivity index (χ0) is 14.4. The highest BCUT2D eigenvalue weighted by molar-refractivity contribution is 5.15. The number of rotatable bonds is 9. The summed E-state index contributed by atoms with van der Waals surface area (Å²) in [5.41, 5.74) is 3.54. The van der Waals surface area contributed by atoms with E-state index >= 15 is 0 Å². The maximum Gasteiger partial charge on any atom is -0.0266 e. The number of hydrogen-bond donors (Lipinski definition) is 0. The molecule has 0 aromatic heterocycles. The summed E-state index contributed by atoms with van der Waals surface area (Å²) in [7, 11) is 0. The summed E-state index contributed by atoms with van der Waals surface area (Å²) in [5, 5.41) is 0. The van der Waals surface area contributed by atoms with Crippen LogP contribution in [-0.2, 0) is 6.42 Å². The molecular weight excluding hydrogens is 240 g/mol. The summed E-state index contributed by atoms with van der Waals surface area (Å²) < 4.78 is 0. The van der Waals surface area contributed by atoms with Crippen LogP contribution in [0.1, 0.15) is 64.4 Å². The van der Waals surface area contributed by atoms with Crippen LogP contribution in [0.25, 0.3) is 0 Å². The molecule has 0 bridgehead atoms. The average Bonchev–Trinajstić information content (AvgIpc) is 3.13. The second-order valence-corrected chi connectivity index (χ2v) is 6.82. The second kappa shape index (κ2) is 7.11. The Balaban J connectivity index is 1.76. The number of benzene rings is 1. The van der Waals surface area contributed by atoms with E-state index in [4.69, 9.17) is 0 Å². The number of allylic oxidation sites excluding steroid dienone is 1. The molecule has 0 spiro atoms. The molecule has 0 saturated heterocycles. The van der Waals surface area contributed by atoms with Crippen molar-refractivity contribution in [2.45, 2.75) is 65.2 Å². The predicted molar refractivity (Wildman–Crippen MR) is 88.9 cm³/mol. The molecule has 1 saturated carbocycles. The molecule has 0 radical (unpaired) electrons. The van der Waals surface area contributed by atoms with E-state index in [0.29, 0.717) is 5.41 Å². The van der Waals surface area contributed by atoms with Crippen LogP contribution in [-0.4, -0.2) is 0 Å². The molecular formula is C20H30. The fraction of sp³-hybridized carbons (Fsp3) is 0.600. The lowest BCUT2D eigenvalue weighted by atomic mass is 9.88. The smallest absolute Gasteiger partial charge is 0.0266 e. The van der Waals surface area contributed by atoms with Crippen molar-refractivity contribution in [2.75, 3.05) is 0 Å². The first-order valence-corrected chi connectivity index (χ1v) is 8.34. The molecule has 1 aliphatic rings. The zero-order valence-electron chi connectivity index (χ0n) is 13.3. The molecule has 1 aromatic carbocycles. The van der Waals surface area contributed by atoms with Gasteiger partial charge in [0.25, 0.3) is 0 Å². The monoisotopic (exact) mass is 270 g/mol. The van der Waals surface area contributed by atoms with Crippen LogP contribution >= 0.6 is 0 Å². The van der Waals surface area contributed by atoms with Crippen molar-refractivity contribution in [1.82, 2.24) is 0 Å². The van der Waals surface area contributed by atoms with Gasteiger partial charge in [0.05, 0.1) is 0 Å². The highest BCUT2D eigenvalue weighted by Crippen LogP contribution is 2.60. The predicted octanol–water partition coefficient (Wildman–Crippen LogP) is 6.17. The van der Waals surface area contributed by atoms with Gasteiger partial charge in [-0.25, -0.2) is 0 Å². The van der Waals surface area contributed by atoms with Gasteiger partial charge in [-0.2, -0.15) is 0 Å². The molecule has 1 aliphatic carbocycles. The average molecular weight is 270 g/mol. The van der Waals surface area contributed by atoms with Crippen LogP contribution in [0.3, 0.4) is 0 Å². The van der Waals surface area contributed by atoms with Crippen molar-refractivity contribution in [3.63, 3.8) is 0 Å². The Morgan fingerprint density at radius 3 is 2.50 bits per heavy atom. The van der Waals surface area contributed by atoms with E-state index in [1.54, 1.807) is 0 Å². The summed E-state index contributed by atoms with van der Waals surface area (Å²) in [5.74, 6) is 1.00. The van der Waals surface area contributed by atoms with E-state index in [2.05, 4.69) is 50.8 Å². The Bertz CT molecular complexity index is 417. The van der Waals surface area contributed by atoms with Gasteiger partial charge in [-0.3, -0.25) is 0 Å². The summed E-state index contributed by atoms with van der Waals surface area (Å²) in [6.45, 7) is 8.56. The lowest BCUT2D eigenvalue weighted by molar-refractivity contribution is 0.360. The van der Waals surface area contributed by atoms with Crippen LogP contribution in [0, 0.1) is 11.3 Å². The van der Waals surface area contributed by atoms with E-state index < -0.39 is 0 Å². The summed E-state index contributed by atoms with van der Waals surface area (Å²) in [6, 6.07) is 10.9. The highest BCUT2D eigenvalue weighted by atomic mass is 14.6. The molecule has 110 valence electrons. The van der Waals surface area contributed by atoms with Crippen molar-refractivity contribution in [3.8, 4) is 0 Å². The Kier molecular flexibility index (Phi) is 5.46. The van der Waals surface area contributed by atoms with E-state index in [1.165, 1.54) is 62.5 Å². The van der Waals surface area contributed by atoms with Gasteiger partial charge in [-0.1, -0.05) is 49.2 Å². The van der Waals surface area contributed by atoms with Gasteiger partial charge in [0.15, 0.2) is 0 Å². The fourth-order valence-corrected chi connectivity index (χ4v) is 3.78. The van der Waals surface area contributed by atoms with Crippen molar-refractivity contribution in [3.05, 3.63) is 48.0 Å². The number of aryl methyl sites for hydroxylation is 1. The topological polar surface area (TPSA) is 0 Å². The largest absolute Gasteiger partial charge is 0.100 e. The van der Waals surface area contributed by atoms with E-state index in [9.17, 15) is 0 Å². The fourth-order valence-electron chi connectivity index (χ4n) is 3.78. The lowest BCUT2D eigenvalue weighted by Gasteiger charge is -2.17. The van der Waals surface area contributed by atoms with Gasteiger partial charge in [0, 0.05) is 0 Å². The summed E-state index contributed by atoms with van der Waals surface area (Å²) in [6.07, 6.45) is 10.9. The Morgan fingerprint density at radius 1 is 1.20 bits per heavy atom. The van der Waals surface area contributed by atoms with Crippen molar-refractivity contribution in [2.24, 2.45) is 11.3 Å². The third-order valence-corrected chi connectivity index (χ3v) is 5.11. The molecule has 0 amide bonds. The minimum atomic E-state index is 0.693. The quantitative estimate of drug-likeness (QED) is 0.470.